The van der Waals surface area contributed by atoms with Gasteiger partial charge in [0.25, 0.3) is 0 Å². The first-order chi connectivity index (χ1) is 4.88. The van der Waals surface area contributed by atoms with Crippen molar-refractivity contribution in [2.24, 2.45) is 5.73 Å². The number of primary amides is 1. The van der Waals surface area contributed by atoms with Crippen molar-refractivity contribution in [2.75, 3.05) is 12.1 Å². The SMILES string of the molecule is CS(=O)(=O)C(CCl)CC(N)=O. The standard InChI is InChI=1S/C5H10ClNO3S/c1-11(9,10)4(3-6)2-5(7)8/h4H,2-3H2,1H3,(H2,7,8). The van der Waals surface area contributed by atoms with Gasteiger partial charge in [-0.2, -0.15) is 0 Å². The van der Waals surface area contributed by atoms with Crippen LogP contribution in [0.4, 0.5) is 0 Å². The molecule has 0 aromatic rings. The van der Waals surface area contributed by atoms with E-state index in [9.17, 15) is 13.2 Å². The molecule has 0 spiro atoms. The number of sulfone groups is 1. The molecule has 11 heavy (non-hydrogen) atoms. The van der Waals surface area contributed by atoms with Crippen molar-refractivity contribution < 1.29 is 13.2 Å². The lowest BCUT2D eigenvalue weighted by Crippen LogP contribution is -2.28. The molecule has 0 bridgehead atoms. The average Bonchev–Trinajstić information content (AvgIpc) is 1.79. The maximum Gasteiger partial charge on any atom is 0.218 e. The lowest BCUT2D eigenvalue weighted by molar-refractivity contribution is -0.117. The highest BCUT2D eigenvalue weighted by atomic mass is 35.5. The summed E-state index contributed by atoms with van der Waals surface area (Å²) in [6.45, 7) is 0. The highest BCUT2D eigenvalue weighted by molar-refractivity contribution is 7.91. The molecule has 0 heterocycles. The molecule has 1 unspecified atom stereocenters. The van der Waals surface area contributed by atoms with E-state index in [1.165, 1.54) is 0 Å². The Balaban J connectivity index is 4.31. The van der Waals surface area contributed by atoms with E-state index in [0.717, 1.165) is 6.26 Å². The Labute approximate surface area is 70.6 Å². The summed E-state index contributed by atoms with van der Waals surface area (Å²) in [4.78, 5) is 10.3. The van der Waals surface area contributed by atoms with Gasteiger partial charge < -0.3 is 5.73 Å². The predicted octanol–water partition coefficient (Wildman–Crippen LogP) is -0.486. The summed E-state index contributed by atoms with van der Waals surface area (Å²) < 4.78 is 21.6. The topological polar surface area (TPSA) is 77.2 Å². The van der Waals surface area contributed by atoms with Crippen LogP contribution in [-0.4, -0.2) is 31.7 Å². The summed E-state index contributed by atoms with van der Waals surface area (Å²) in [6.07, 6.45) is 0.825. The molecular formula is C5H10ClNO3S. The minimum absolute atomic E-state index is 0.0955. The Bertz CT molecular complexity index is 236. The zero-order valence-corrected chi connectivity index (χ0v) is 7.65. The number of rotatable bonds is 4. The quantitative estimate of drug-likeness (QED) is 0.621. The third-order valence-corrected chi connectivity index (χ3v) is 3.31. The maximum absolute atomic E-state index is 10.8. The lowest BCUT2D eigenvalue weighted by Gasteiger charge is -2.07. The van der Waals surface area contributed by atoms with Crippen LogP contribution in [-0.2, 0) is 14.6 Å². The molecule has 0 aromatic heterocycles. The van der Waals surface area contributed by atoms with Crippen LogP contribution in [0.1, 0.15) is 6.42 Å². The minimum Gasteiger partial charge on any atom is -0.370 e. The number of amides is 1. The molecule has 2 N–H and O–H groups in total. The van der Waals surface area contributed by atoms with Crippen LogP contribution in [0.25, 0.3) is 0 Å². The molecule has 0 saturated heterocycles. The molecule has 0 fully saturated rings. The third-order valence-electron chi connectivity index (χ3n) is 1.21. The summed E-state index contributed by atoms with van der Waals surface area (Å²) in [5.41, 5.74) is 4.80. The van der Waals surface area contributed by atoms with E-state index in [0.29, 0.717) is 0 Å². The maximum atomic E-state index is 10.8. The molecule has 0 aliphatic carbocycles. The van der Waals surface area contributed by atoms with Crippen molar-refractivity contribution in [3.05, 3.63) is 0 Å². The van der Waals surface area contributed by atoms with E-state index in [4.69, 9.17) is 17.3 Å². The van der Waals surface area contributed by atoms with Gasteiger partial charge in [-0.3, -0.25) is 4.79 Å². The zero-order chi connectivity index (χ0) is 9.07. The van der Waals surface area contributed by atoms with Gasteiger partial charge in [-0.25, -0.2) is 8.42 Å². The normalized spacial score (nSPS) is 14.4. The smallest absolute Gasteiger partial charge is 0.218 e. The van der Waals surface area contributed by atoms with Crippen molar-refractivity contribution >= 4 is 27.3 Å². The number of alkyl halides is 1. The fourth-order valence-electron chi connectivity index (χ4n) is 0.545. The number of carbonyl (C=O) groups excluding carboxylic acids is 1. The minimum atomic E-state index is -3.24. The second-order valence-corrected chi connectivity index (χ2v) is 4.91. The Morgan fingerprint density at radius 1 is 1.64 bits per heavy atom. The highest BCUT2D eigenvalue weighted by Gasteiger charge is 2.21. The van der Waals surface area contributed by atoms with Crippen molar-refractivity contribution in [3.8, 4) is 0 Å². The number of carbonyl (C=O) groups is 1. The van der Waals surface area contributed by atoms with Gasteiger partial charge in [0.15, 0.2) is 9.84 Å². The largest absolute Gasteiger partial charge is 0.370 e. The Hall–Kier alpha value is -0.290. The van der Waals surface area contributed by atoms with Crippen molar-refractivity contribution in [3.63, 3.8) is 0 Å². The summed E-state index contributed by atoms with van der Waals surface area (Å²) in [5, 5.41) is -0.846. The molecule has 0 aromatic carbocycles. The number of halogens is 1. The van der Waals surface area contributed by atoms with Gasteiger partial charge in [-0.05, 0) is 0 Å². The van der Waals surface area contributed by atoms with Crippen molar-refractivity contribution in [2.45, 2.75) is 11.7 Å². The van der Waals surface area contributed by atoms with E-state index in [-0.39, 0.29) is 12.3 Å². The summed E-state index contributed by atoms with van der Waals surface area (Å²) in [5.74, 6) is -0.747. The van der Waals surface area contributed by atoms with E-state index >= 15 is 0 Å². The molecule has 4 nitrogen and oxygen atoms in total. The fraction of sp³-hybridized carbons (Fsp3) is 0.800. The van der Waals surface area contributed by atoms with Gasteiger partial charge in [-0.15, -0.1) is 11.6 Å². The van der Waals surface area contributed by atoms with Crippen LogP contribution in [0, 0.1) is 0 Å². The average molecular weight is 200 g/mol. The molecule has 6 heteroatoms. The molecule has 0 saturated carbocycles. The van der Waals surface area contributed by atoms with Crippen LogP contribution in [0.3, 0.4) is 0 Å². The summed E-state index contributed by atoms with van der Waals surface area (Å²) >= 11 is 5.31. The first-order valence-corrected chi connectivity index (χ1v) is 5.40. The van der Waals surface area contributed by atoms with Crippen LogP contribution in [0.2, 0.25) is 0 Å². The fourth-order valence-corrected chi connectivity index (χ4v) is 2.04. The second-order valence-electron chi connectivity index (χ2n) is 2.28. The van der Waals surface area contributed by atoms with Crippen LogP contribution in [0.5, 0.6) is 0 Å². The van der Waals surface area contributed by atoms with Gasteiger partial charge in [0.05, 0.1) is 5.25 Å². The Morgan fingerprint density at radius 2 is 2.09 bits per heavy atom. The van der Waals surface area contributed by atoms with Gasteiger partial charge in [-0.1, -0.05) is 0 Å². The highest BCUT2D eigenvalue weighted by Crippen LogP contribution is 2.05. The van der Waals surface area contributed by atoms with Crippen LogP contribution >= 0.6 is 11.6 Å². The molecule has 1 amide bonds. The van der Waals surface area contributed by atoms with Crippen LogP contribution in [0.15, 0.2) is 0 Å². The second kappa shape index (κ2) is 3.92. The third kappa shape index (κ3) is 4.21. The van der Waals surface area contributed by atoms with Gasteiger partial charge in [0.2, 0.25) is 5.91 Å². The van der Waals surface area contributed by atoms with Gasteiger partial charge in [0, 0.05) is 18.6 Å². The first-order valence-electron chi connectivity index (χ1n) is 2.91. The van der Waals surface area contributed by atoms with E-state index in [2.05, 4.69) is 0 Å². The lowest BCUT2D eigenvalue weighted by atomic mass is 10.3. The molecule has 1 atom stereocenters. The van der Waals surface area contributed by atoms with Gasteiger partial charge in [0.1, 0.15) is 0 Å². The van der Waals surface area contributed by atoms with Crippen LogP contribution < -0.4 is 5.73 Å². The predicted molar refractivity (Wildman–Crippen MR) is 43.2 cm³/mol. The first kappa shape index (κ1) is 10.7. The molecular weight excluding hydrogens is 190 g/mol. The molecule has 0 aliphatic heterocycles. The van der Waals surface area contributed by atoms with E-state index in [1.54, 1.807) is 0 Å². The van der Waals surface area contributed by atoms with E-state index < -0.39 is 21.0 Å². The Kier molecular flexibility index (Phi) is 3.82. The molecule has 0 aliphatic rings. The van der Waals surface area contributed by atoms with Crippen molar-refractivity contribution in [1.29, 1.82) is 0 Å². The zero-order valence-electron chi connectivity index (χ0n) is 6.08. The molecule has 0 rings (SSSR count). The Morgan fingerprint density at radius 3 is 2.18 bits per heavy atom. The number of hydrogen-bond acceptors (Lipinski definition) is 3. The molecule has 0 radical (unpaired) electrons. The summed E-state index contributed by atoms with van der Waals surface area (Å²) in [6, 6.07) is 0. The van der Waals surface area contributed by atoms with Crippen molar-refractivity contribution in [1.82, 2.24) is 0 Å². The number of nitrogens with two attached hydrogens (primary N) is 1. The molecule has 66 valence electrons. The van der Waals surface area contributed by atoms with E-state index in [1.807, 2.05) is 0 Å². The summed E-state index contributed by atoms with van der Waals surface area (Å²) in [7, 11) is -3.24. The van der Waals surface area contributed by atoms with Gasteiger partial charge >= 0.3 is 0 Å². The monoisotopic (exact) mass is 199 g/mol. The number of hydrogen-bond donors (Lipinski definition) is 1.